The van der Waals surface area contributed by atoms with Gasteiger partial charge in [0.15, 0.2) is 0 Å². The smallest absolute Gasteiger partial charge is 0.309 e. The Morgan fingerprint density at radius 2 is 1.90 bits per heavy atom. The Labute approximate surface area is 121 Å². The third kappa shape index (κ3) is 4.47. The second kappa shape index (κ2) is 7.62. The number of amides is 1. The standard InChI is InChI=1S/C15H28N2O3/c1-4-6-15(14(19)20)7-10-17(11-8-15)13(18)5-9-16-12(2)3/h12,16H,4-11H2,1-3H3,(H,19,20). The van der Waals surface area contributed by atoms with Crippen LogP contribution in [0, 0.1) is 5.41 Å². The number of hydrogen-bond acceptors (Lipinski definition) is 3. The summed E-state index contributed by atoms with van der Waals surface area (Å²) in [6, 6.07) is 0.383. The molecule has 0 bridgehead atoms. The van der Waals surface area contributed by atoms with Crippen molar-refractivity contribution in [3.63, 3.8) is 0 Å². The van der Waals surface area contributed by atoms with E-state index in [-0.39, 0.29) is 5.91 Å². The van der Waals surface area contributed by atoms with Gasteiger partial charge in [0.2, 0.25) is 5.91 Å². The molecule has 1 aliphatic heterocycles. The number of nitrogens with one attached hydrogen (secondary N) is 1. The van der Waals surface area contributed by atoms with E-state index in [1.807, 2.05) is 11.8 Å². The summed E-state index contributed by atoms with van der Waals surface area (Å²) in [5.41, 5.74) is -0.609. The van der Waals surface area contributed by atoms with Gasteiger partial charge in [-0.15, -0.1) is 0 Å². The molecular formula is C15H28N2O3. The van der Waals surface area contributed by atoms with Crippen LogP contribution in [0.15, 0.2) is 0 Å². The summed E-state index contributed by atoms with van der Waals surface area (Å²) in [6.45, 7) is 7.96. The predicted octanol–water partition coefficient (Wildman–Crippen LogP) is 1.87. The minimum absolute atomic E-state index is 0.133. The number of rotatable bonds is 7. The number of carbonyl (C=O) groups is 2. The van der Waals surface area contributed by atoms with Crippen LogP contribution in [0.1, 0.15) is 52.9 Å². The van der Waals surface area contributed by atoms with Crippen molar-refractivity contribution in [2.45, 2.75) is 58.9 Å². The predicted molar refractivity (Wildman–Crippen MR) is 78.5 cm³/mol. The van der Waals surface area contributed by atoms with E-state index in [2.05, 4.69) is 19.2 Å². The zero-order valence-electron chi connectivity index (χ0n) is 12.9. The summed E-state index contributed by atoms with van der Waals surface area (Å²) >= 11 is 0. The van der Waals surface area contributed by atoms with Gasteiger partial charge in [-0.25, -0.2) is 0 Å². The molecular weight excluding hydrogens is 256 g/mol. The summed E-state index contributed by atoms with van der Waals surface area (Å²) < 4.78 is 0. The van der Waals surface area contributed by atoms with Crippen LogP contribution in [0.5, 0.6) is 0 Å². The van der Waals surface area contributed by atoms with E-state index >= 15 is 0 Å². The van der Waals surface area contributed by atoms with E-state index in [0.717, 1.165) is 6.42 Å². The van der Waals surface area contributed by atoms with Gasteiger partial charge >= 0.3 is 5.97 Å². The third-order valence-electron chi connectivity index (χ3n) is 4.15. The monoisotopic (exact) mass is 284 g/mol. The largest absolute Gasteiger partial charge is 0.481 e. The Bertz CT molecular complexity index is 334. The maximum absolute atomic E-state index is 12.1. The summed E-state index contributed by atoms with van der Waals surface area (Å²) in [4.78, 5) is 25.4. The first kappa shape index (κ1) is 17.0. The minimum atomic E-state index is -0.701. The Hall–Kier alpha value is -1.10. The van der Waals surface area contributed by atoms with Crippen molar-refractivity contribution in [2.75, 3.05) is 19.6 Å². The first-order valence-electron chi connectivity index (χ1n) is 7.66. The molecule has 1 heterocycles. The van der Waals surface area contributed by atoms with Gasteiger partial charge in [-0.3, -0.25) is 9.59 Å². The van der Waals surface area contributed by atoms with Gasteiger partial charge in [0.1, 0.15) is 0 Å². The number of aliphatic carboxylic acids is 1. The normalized spacial score (nSPS) is 18.3. The lowest BCUT2D eigenvalue weighted by Gasteiger charge is -2.39. The highest BCUT2D eigenvalue weighted by atomic mass is 16.4. The highest BCUT2D eigenvalue weighted by Crippen LogP contribution is 2.36. The first-order valence-corrected chi connectivity index (χ1v) is 7.66. The van der Waals surface area contributed by atoms with Crippen molar-refractivity contribution in [1.82, 2.24) is 10.2 Å². The number of carbonyl (C=O) groups excluding carboxylic acids is 1. The fourth-order valence-electron chi connectivity index (χ4n) is 2.86. The van der Waals surface area contributed by atoms with E-state index in [0.29, 0.717) is 51.4 Å². The van der Waals surface area contributed by atoms with Crippen LogP contribution in [-0.4, -0.2) is 47.6 Å². The molecule has 0 aromatic carbocycles. The minimum Gasteiger partial charge on any atom is -0.481 e. The summed E-state index contributed by atoms with van der Waals surface area (Å²) in [7, 11) is 0. The van der Waals surface area contributed by atoms with Crippen molar-refractivity contribution >= 4 is 11.9 Å². The second-order valence-electron chi connectivity index (χ2n) is 6.08. The Morgan fingerprint density at radius 3 is 2.35 bits per heavy atom. The Morgan fingerprint density at radius 1 is 1.30 bits per heavy atom. The van der Waals surface area contributed by atoms with Crippen molar-refractivity contribution < 1.29 is 14.7 Å². The van der Waals surface area contributed by atoms with Gasteiger partial charge in [-0.05, 0) is 19.3 Å². The molecule has 1 aliphatic rings. The van der Waals surface area contributed by atoms with Crippen LogP contribution >= 0.6 is 0 Å². The maximum Gasteiger partial charge on any atom is 0.309 e. The molecule has 5 nitrogen and oxygen atoms in total. The number of carboxylic acids is 1. The fourth-order valence-corrected chi connectivity index (χ4v) is 2.86. The molecule has 20 heavy (non-hydrogen) atoms. The molecule has 0 aromatic rings. The summed E-state index contributed by atoms with van der Waals surface area (Å²) in [6.07, 6.45) is 3.24. The molecule has 1 amide bonds. The lowest BCUT2D eigenvalue weighted by Crippen LogP contribution is -2.47. The number of hydrogen-bond donors (Lipinski definition) is 2. The van der Waals surface area contributed by atoms with Gasteiger partial charge in [0, 0.05) is 32.1 Å². The maximum atomic E-state index is 12.1. The van der Waals surface area contributed by atoms with Crippen LogP contribution < -0.4 is 5.32 Å². The Balaban J connectivity index is 2.44. The van der Waals surface area contributed by atoms with E-state index < -0.39 is 11.4 Å². The highest BCUT2D eigenvalue weighted by molar-refractivity contribution is 5.78. The molecule has 1 fully saturated rings. The van der Waals surface area contributed by atoms with Gasteiger partial charge in [0.25, 0.3) is 0 Å². The van der Waals surface area contributed by atoms with Crippen LogP contribution in [0.25, 0.3) is 0 Å². The molecule has 0 aromatic heterocycles. The van der Waals surface area contributed by atoms with Crippen LogP contribution in [0.3, 0.4) is 0 Å². The molecule has 1 rings (SSSR count). The molecule has 116 valence electrons. The summed E-state index contributed by atoms with van der Waals surface area (Å²) in [5.74, 6) is -0.568. The molecule has 1 saturated heterocycles. The van der Waals surface area contributed by atoms with E-state index in [9.17, 15) is 14.7 Å². The number of nitrogens with zero attached hydrogens (tertiary/aromatic N) is 1. The molecule has 0 aliphatic carbocycles. The molecule has 0 atom stereocenters. The molecule has 0 spiro atoms. The first-order chi connectivity index (χ1) is 9.41. The van der Waals surface area contributed by atoms with Crippen molar-refractivity contribution in [2.24, 2.45) is 5.41 Å². The van der Waals surface area contributed by atoms with Crippen molar-refractivity contribution in [3.8, 4) is 0 Å². The van der Waals surface area contributed by atoms with E-state index in [1.54, 1.807) is 0 Å². The second-order valence-corrected chi connectivity index (χ2v) is 6.08. The molecule has 0 saturated carbocycles. The Kier molecular flexibility index (Phi) is 6.46. The van der Waals surface area contributed by atoms with Gasteiger partial charge in [0.05, 0.1) is 5.41 Å². The average Bonchev–Trinajstić information content (AvgIpc) is 2.39. The zero-order chi connectivity index (χ0) is 15.2. The number of carboxylic acid groups (broad SMARTS) is 1. The molecule has 0 unspecified atom stereocenters. The highest BCUT2D eigenvalue weighted by Gasteiger charge is 2.41. The SMILES string of the molecule is CCCC1(C(=O)O)CCN(C(=O)CCNC(C)C)CC1. The van der Waals surface area contributed by atoms with Crippen molar-refractivity contribution in [1.29, 1.82) is 0 Å². The van der Waals surface area contributed by atoms with Gasteiger partial charge in [-0.2, -0.15) is 0 Å². The number of likely N-dealkylation sites (tertiary alicyclic amines) is 1. The number of piperidine rings is 1. The summed E-state index contributed by atoms with van der Waals surface area (Å²) in [5, 5.41) is 12.7. The van der Waals surface area contributed by atoms with Crippen LogP contribution in [-0.2, 0) is 9.59 Å². The zero-order valence-corrected chi connectivity index (χ0v) is 12.9. The van der Waals surface area contributed by atoms with Crippen LogP contribution in [0.2, 0.25) is 0 Å². The topological polar surface area (TPSA) is 69.6 Å². The van der Waals surface area contributed by atoms with E-state index in [1.165, 1.54) is 0 Å². The molecule has 0 radical (unpaired) electrons. The lowest BCUT2D eigenvalue weighted by atomic mass is 9.75. The van der Waals surface area contributed by atoms with Crippen molar-refractivity contribution in [3.05, 3.63) is 0 Å². The quantitative estimate of drug-likeness (QED) is 0.749. The van der Waals surface area contributed by atoms with Gasteiger partial charge < -0.3 is 15.3 Å². The average molecular weight is 284 g/mol. The lowest BCUT2D eigenvalue weighted by molar-refractivity contribution is -0.155. The van der Waals surface area contributed by atoms with Gasteiger partial charge in [-0.1, -0.05) is 27.2 Å². The third-order valence-corrected chi connectivity index (χ3v) is 4.15. The molecule has 5 heteroatoms. The fraction of sp³-hybridized carbons (Fsp3) is 0.867. The van der Waals surface area contributed by atoms with Crippen LogP contribution in [0.4, 0.5) is 0 Å². The molecule has 2 N–H and O–H groups in total. The van der Waals surface area contributed by atoms with E-state index in [4.69, 9.17) is 0 Å².